The van der Waals surface area contributed by atoms with Gasteiger partial charge in [0, 0.05) is 12.1 Å². The van der Waals surface area contributed by atoms with Crippen LogP contribution in [0.5, 0.6) is 5.75 Å². The Morgan fingerprint density at radius 1 is 1.50 bits per heavy atom. The van der Waals surface area contributed by atoms with Gasteiger partial charge >= 0.3 is 5.69 Å². The summed E-state index contributed by atoms with van der Waals surface area (Å²) >= 11 is 0. The summed E-state index contributed by atoms with van der Waals surface area (Å²) in [7, 11) is 0. The van der Waals surface area contributed by atoms with Gasteiger partial charge in [-0.15, -0.1) is 0 Å². The van der Waals surface area contributed by atoms with Crippen LogP contribution in [0, 0.1) is 17.0 Å². The number of nitrogens with one attached hydrogen (secondary N) is 1. The Morgan fingerprint density at radius 3 is 2.72 bits per heavy atom. The molecular weight excluding hydrogens is 236 g/mol. The van der Waals surface area contributed by atoms with E-state index in [4.69, 9.17) is 4.74 Å². The zero-order valence-electron chi connectivity index (χ0n) is 10.6. The van der Waals surface area contributed by atoms with Gasteiger partial charge < -0.3 is 10.1 Å². The van der Waals surface area contributed by atoms with E-state index in [0.29, 0.717) is 0 Å². The normalized spacial score (nSPS) is 10.2. The van der Waals surface area contributed by atoms with E-state index in [1.807, 2.05) is 13.8 Å². The highest BCUT2D eigenvalue weighted by atomic mass is 16.6. The molecule has 0 aliphatic heterocycles. The predicted molar refractivity (Wildman–Crippen MR) is 66.6 cm³/mol. The number of hydrogen-bond donors (Lipinski definition) is 1. The van der Waals surface area contributed by atoms with Crippen molar-refractivity contribution in [3.63, 3.8) is 0 Å². The second kappa shape index (κ2) is 6.00. The van der Waals surface area contributed by atoms with Crippen molar-refractivity contribution in [3.8, 4) is 5.75 Å². The maximum atomic E-state index is 11.4. The first-order valence-corrected chi connectivity index (χ1v) is 5.57. The molecule has 0 spiro atoms. The van der Waals surface area contributed by atoms with Gasteiger partial charge in [-0.1, -0.05) is 6.07 Å². The third-order valence-corrected chi connectivity index (χ3v) is 2.12. The Labute approximate surface area is 105 Å². The fourth-order valence-corrected chi connectivity index (χ4v) is 1.39. The summed E-state index contributed by atoms with van der Waals surface area (Å²) in [5.41, 5.74) is 0.692. The van der Waals surface area contributed by atoms with Crippen LogP contribution < -0.4 is 10.1 Å². The van der Waals surface area contributed by atoms with Crippen LogP contribution in [-0.2, 0) is 4.79 Å². The first-order valence-electron chi connectivity index (χ1n) is 5.57. The highest BCUT2D eigenvalue weighted by Crippen LogP contribution is 2.27. The molecule has 1 amide bonds. The molecule has 0 fully saturated rings. The molecule has 1 aromatic rings. The van der Waals surface area contributed by atoms with Crippen LogP contribution in [-0.4, -0.2) is 23.5 Å². The number of rotatable bonds is 5. The predicted octanol–water partition coefficient (Wildman–Crippen LogP) is 1.81. The van der Waals surface area contributed by atoms with Crippen molar-refractivity contribution >= 4 is 11.6 Å². The van der Waals surface area contributed by atoms with Gasteiger partial charge in [-0.2, -0.15) is 0 Å². The van der Waals surface area contributed by atoms with Gasteiger partial charge in [0.1, 0.15) is 0 Å². The molecule has 1 aromatic carbocycles. The highest BCUT2D eigenvalue weighted by Gasteiger charge is 2.16. The van der Waals surface area contributed by atoms with Crippen molar-refractivity contribution in [2.75, 3.05) is 6.61 Å². The molecule has 0 aromatic heterocycles. The van der Waals surface area contributed by atoms with Crippen molar-refractivity contribution in [3.05, 3.63) is 33.9 Å². The number of nitrogens with zero attached hydrogens (tertiary/aromatic N) is 1. The fraction of sp³-hybridized carbons (Fsp3) is 0.417. The quantitative estimate of drug-likeness (QED) is 0.640. The van der Waals surface area contributed by atoms with Crippen LogP contribution in [0.3, 0.4) is 0 Å². The molecule has 0 atom stereocenters. The van der Waals surface area contributed by atoms with E-state index in [1.165, 1.54) is 6.07 Å². The summed E-state index contributed by atoms with van der Waals surface area (Å²) in [6, 6.07) is 4.54. The molecular formula is C12H16N2O4. The van der Waals surface area contributed by atoms with Crippen molar-refractivity contribution in [2.45, 2.75) is 26.8 Å². The van der Waals surface area contributed by atoms with Crippen molar-refractivity contribution in [1.29, 1.82) is 0 Å². The molecule has 0 aliphatic rings. The lowest BCUT2D eigenvalue weighted by Crippen LogP contribution is -2.34. The van der Waals surface area contributed by atoms with Gasteiger partial charge in [0.05, 0.1) is 4.92 Å². The molecule has 0 radical (unpaired) electrons. The van der Waals surface area contributed by atoms with Crippen molar-refractivity contribution in [1.82, 2.24) is 5.32 Å². The standard InChI is InChI=1S/C12H16N2O4/c1-8(2)13-12(15)7-18-11-6-9(3)4-5-10(11)14(16)17/h4-6,8H,7H2,1-3H3,(H,13,15). The smallest absolute Gasteiger partial charge is 0.310 e. The van der Waals surface area contributed by atoms with Crippen LogP contribution in [0.2, 0.25) is 0 Å². The minimum Gasteiger partial charge on any atom is -0.477 e. The molecule has 6 heteroatoms. The monoisotopic (exact) mass is 252 g/mol. The van der Waals surface area contributed by atoms with E-state index in [1.54, 1.807) is 19.1 Å². The highest BCUT2D eigenvalue weighted by molar-refractivity contribution is 5.77. The molecule has 6 nitrogen and oxygen atoms in total. The van der Waals surface area contributed by atoms with Crippen molar-refractivity contribution < 1.29 is 14.5 Å². The third kappa shape index (κ3) is 4.04. The van der Waals surface area contributed by atoms with Crippen LogP contribution in [0.25, 0.3) is 0 Å². The van der Waals surface area contributed by atoms with Crippen LogP contribution in [0.15, 0.2) is 18.2 Å². The maximum absolute atomic E-state index is 11.4. The second-order valence-corrected chi connectivity index (χ2v) is 4.24. The number of ether oxygens (including phenoxy) is 1. The van der Waals surface area contributed by atoms with Gasteiger partial charge in [0.2, 0.25) is 0 Å². The Hall–Kier alpha value is -2.11. The topological polar surface area (TPSA) is 81.5 Å². The number of carbonyl (C=O) groups is 1. The Kier molecular flexibility index (Phi) is 4.65. The molecule has 0 aliphatic carbocycles. The number of nitro groups is 1. The molecule has 18 heavy (non-hydrogen) atoms. The number of benzene rings is 1. The van der Waals surface area contributed by atoms with E-state index >= 15 is 0 Å². The van der Waals surface area contributed by atoms with E-state index in [0.717, 1.165) is 5.56 Å². The molecule has 0 bridgehead atoms. The average Bonchev–Trinajstić information content (AvgIpc) is 2.25. The largest absolute Gasteiger partial charge is 0.477 e. The van der Waals surface area contributed by atoms with Crippen LogP contribution >= 0.6 is 0 Å². The number of amides is 1. The zero-order valence-corrected chi connectivity index (χ0v) is 10.6. The molecule has 1 N–H and O–H groups in total. The summed E-state index contributed by atoms with van der Waals surface area (Å²) in [6.07, 6.45) is 0. The van der Waals surface area contributed by atoms with E-state index in [-0.39, 0.29) is 30.0 Å². The minimum absolute atomic E-state index is 0.00796. The minimum atomic E-state index is -0.533. The summed E-state index contributed by atoms with van der Waals surface area (Å²) in [4.78, 5) is 21.6. The second-order valence-electron chi connectivity index (χ2n) is 4.24. The fourth-order valence-electron chi connectivity index (χ4n) is 1.39. The van der Waals surface area contributed by atoms with Gasteiger partial charge in [-0.3, -0.25) is 14.9 Å². The lowest BCUT2D eigenvalue weighted by Gasteiger charge is -2.10. The van der Waals surface area contributed by atoms with Crippen molar-refractivity contribution in [2.24, 2.45) is 0 Å². The van der Waals surface area contributed by atoms with Gasteiger partial charge in [0.15, 0.2) is 12.4 Å². The van der Waals surface area contributed by atoms with E-state index in [9.17, 15) is 14.9 Å². The molecule has 0 saturated heterocycles. The summed E-state index contributed by atoms with van der Waals surface area (Å²) < 4.78 is 5.19. The molecule has 98 valence electrons. The van der Waals surface area contributed by atoms with E-state index in [2.05, 4.69) is 5.32 Å². The van der Waals surface area contributed by atoms with Crippen LogP contribution in [0.4, 0.5) is 5.69 Å². The lowest BCUT2D eigenvalue weighted by molar-refractivity contribution is -0.385. The summed E-state index contributed by atoms with van der Waals surface area (Å²) in [6.45, 7) is 5.22. The SMILES string of the molecule is Cc1ccc([N+](=O)[O-])c(OCC(=O)NC(C)C)c1. The first kappa shape index (κ1) is 14.0. The van der Waals surface area contributed by atoms with Gasteiger partial charge in [0.25, 0.3) is 5.91 Å². The summed E-state index contributed by atoms with van der Waals surface area (Å²) in [5, 5.41) is 13.4. The molecule has 0 heterocycles. The average molecular weight is 252 g/mol. The summed E-state index contributed by atoms with van der Waals surface area (Å²) in [5.74, 6) is -0.195. The Bertz CT molecular complexity index is 457. The lowest BCUT2D eigenvalue weighted by atomic mass is 10.2. The van der Waals surface area contributed by atoms with Gasteiger partial charge in [-0.25, -0.2) is 0 Å². The molecule has 0 unspecified atom stereocenters. The Morgan fingerprint density at radius 2 is 2.17 bits per heavy atom. The number of nitro benzene ring substituents is 1. The Balaban J connectivity index is 2.74. The third-order valence-electron chi connectivity index (χ3n) is 2.12. The molecule has 0 saturated carbocycles. The maximum Gasteiger partial charge on any atom is 0.310 e. The van der Waals surface area contributed by atoms with E-state index < -0.39 is 4.92 Å². The molecule has 1 rings (SSSR count). The number of hydrogen-bond acceptors (Lipinski definition) is 4. The zero-order chi connectivity index (χ0) is 13.7. The van der Waals surface area contributed by atoms with Crippen LogP contribution in [0.1, 0.15) is 19.4 Å². The number of carbonyl (C=O) groups excluding carboxylic acids is 1. The number of aryl methyl sites for hydroxylation is 1. The first-order chi connectivity index (χ1) is 8.40. The van der Waals surface area contributed by atoms with Gasteiger partial charge in [-0.05, 0) is 32.4 Å².